The first-order valence-corrected chi connectivity index (χ1v) is 9.50. The van der Waals surface area contributed by atoms with E-state index in [1.54, 1.807) is 7.05 Å². The van der Waals surface area contributed by atoms with Gasteiger partial charge in [0.05, 0.1) is 11.5 Å². The number of hydrogen-bond acceptors (Lipinski definition) is 5. The number of sulfonamides is 1. The number of rotatable bonds is 4. The molecule has 24 heavy (non-hydrogen) atoms. The molecular weight excluding hydrogens is 333 g/mol. The van der Waals surface area contributed by atoms with Crippen LogP contribution in [-0.4, -0.2) is 76.3 Å². The van der Waals surface area contributed by atoms with Crippen molar-refractivity contribution in [1.82, 2.24) is 9.21 Å². The van der Waals surface area contributed by atoms with E-state index in [1.165, 1.54) is 22.7 Å². The molecule has 6 nitrogen and oxygen atoms in total. The maximum absolute atomic E-state index is 13.6. The van der Waals surface area contributed by atoms with Crippen LogP contribution in [0, 0.1) is 5.82 Å². The summed E-state index contributed by atoms with van der Waals surface area (Å²) in [6, 6.07) is 4.14. The summed E-state index contributed by atoms with van der Waals surface area (Å²) in [6.07, 6.45) is 2.44. The van der Waals surface area contributed by atoms with Gasteiger partial charge < -0.3 is 4.74 Å². The summed E-state index contributed by atoms with van der Waals surface area (Å²) in [7, 11) is -2.18. The van der Waals surface area contributed by atoms with E-state index >= 15 is 0 Å². The molecule has 0 aliphatic carbocycles. The van der Waals surface area contributed by atoms with Gasteiger partial charge in [-0.15, -0.1) is 0 Å². The van der Waals surface area contributed by atoms with Gasteiger partial charge in [0.15, 0.2) is 0 Å². The normalized spacial score (nSPS) is 24.0. The van der Waals surface area contributed by atoms with Gasteiger partial charge in [-0.25, -0.2) is 12.8 Å². The summed E-state index contributed by atoms with van der Waals surface area (Å²) in [6.45, 7) is 3.62. The molecule has 0 unspecified atom stereocenters. The van der Waals surface area contributed by atoms with Gasteiger partial charge in [0.25, 0.3) is 0 Å². The Kier molecular flexibility index (Phi) is 5.29. The fourth-order valence-electron chi connectivity index (χ4n) is 3.24. The Morgan fingerprint density at radius 3 is 2.67 bits per heavy atom. The molecule has 1 aromatic rings. The highest BCUT2D eigenvalue weighted by Crippen LogP contribution is 2.23. The predicted octanol–water partition coefficient (Wildman–Crippen LogP) is 0.970. The largest absolute Gasteiger partial charge is 0.380 e. The van der Waals surface area contributed by atoms with Crippen LogP contribution in [0.4, 0.5) is 4.39 Å². The molecule has 0 saturated carbocycles. The first-order chi connectivity index (χ1) is 11.5. The predicted molar refractivity (Wildman–Crippen MR) is 89.5 cm³/mol. The highest BCUT2D eigenvalue weighted by Gasteiger charge is 2.33. The summed E-state index contributed by atoms with van der Waals surface area (Å²) in [5, 5.41) is 0. The van der Waals surface area contributed by atoms with Gasteiger partial charge in [0.1, 0.15) is 5.82 Å². The number of ether oxygens (including phenoxy) is 1. The second kappa shape index (κ2) is 7.26. The van der Waals surface area contributed by atoms with Crippen LogP contribution in [0.2, 0.25) is 0 Å². The van der Waals surface area contributed by atoms with E-state index in [9.17, 15) is 12.8 Å². The lowest BCUT2D eigenvalue weighted by molar-refractivity contribution is 0.113. The van der Waals surface area contributed by atoms with Crippen LogP contribution in [0.5, 0.6) is 0 Å². The van der Waals surface area contributed by atoms with E-state index in [0.717, 1.165) is 19.1 Å². The molecule has 2 fully saturated rings. The van der Waals surface area contributed by atoms with E-state index in [4.69, 9.17) is 4.74 Å². The van der Waals surface area contributed by atoms with Crippen molar-refractivity contribution in [2.45, 2.75) is 17.4 Å². The minimum atomic E-state index is -3.74. The maximum atomic E-state index is 13.6. The topological polar surface area (TPSA) is 62.2 Å². The van der Waals surface area contributed by atoms with E-state index in [2.05, 4.69) is 9.89 Å². The van der Waals surface area contributed by atoms with Crippen molar-refractivity contribution in [3.63, 3.8) is 0 Å². The second-order valence-electron chi connectivity index (χ2n) is 6.03. The molecule has 0 spiro atoms. The zero-order chi connectivity index (χ0) is 17.2. The third kappa shape index (κ3) is 3.51. The zero-order valence-electron chi connectivity index (χ0n) is 13.7. The van der Waals surface area contributed by atoms with Crippen LogP contribution >= 0.6 is 0 Å². The third-order valence-corrected chi connectivity index (χ3v) is 6.51. The van der Waals surface area contributed by atoms with Crippen molar-refractivity contribution in [2.24, 2.45) is 4.99 Å². The summed E-state index contributed by atoms with van der Waals surface area (Å²) in [5.41, 5.74) is 0.408. The molecule has 0 aromatic heterocycles. The van der Waals surface area contributed by atoms with Crippen LogP contribution < -0.4 is 0 Å². The monoisotopic (exact) mass is 355 g/mol. The molecule has 2 aliphatic rings. The van der Waals surface area contributed by atoms with Crippen LogP contribution in [0.3, 0.4) is 0 Å². The Balaban J connectivity index is 1.78. The number of nitrogens with zero attached hydrogens (tertiary/aromatic N) is 3. The SMILES string of the molecule is CN=Cc1ccc(F)cc1S(=O)(=O)N1CCN([C@H]2CCOC2)CC1. The molecule has 2 saturated heterocycles. The third-order valence-electron chi connectivity index (χ3n) is 4.56. The second-order valence-corrected chi connectivity index (χ2v) is 7.93. The van der Waals surface area contributed by atoms with Gasteiger partial charge in [0, 0.05) is 57.7 Å². The molecule has 2 aliphatic heterocycles. The molecule has 132 valence electrons. The van der Waals surface area contributed by atoms with Crippen LogP contribution in [0.25, 0.3) is 0 Å². The van der Waals surface area contributed by atoms with Crippen molar-refractivity contribution in [3.8, 4) is 0 Å². The molecule has 3 rings (SSSR count). The minimum Gasteiger partial charge on any atom is -0.380 e. The van der Waals surface area contributed by atoms with Gasteiger partial charge in [-0.2, -0.15) is 4.31 Å². The quantitative estimate of drug-likeness (QED) is 0.755. The average molecular weight is 355 g/mol. The Hall–Kier alpha value is -1.35. The summed E-state index contributed by atoms with van der Waals surface area (Å²) in [5.74, 6) is -0.566. The fourth-order valence-corrected chi connectivity index (χ4v) is 4.84. The lowest BCUT2D eigenvalue weighted by Crippen LogP contribution is -2.52. The van der Waals surface area contributed by atoms with Crippen molar-refractivity contribution in [3.05, 3.63) is 29.6 Å². The van der Waals surface area contributed by atoms with Crippen molar-refractivity contribution in [1.29, 1.82) is 0 Å². The van der Waals surface area contributed by atoms with Gasteiger partial charge in [-0.05, 0) is 24.6 Å². The first-order valence-electron chi connectivity index (χ1n) is 8.06. The molecule has 0 radical (unpaired) electrons. The molecule has 1 aromatic carbocycles. The van der Waals surface area contributed by atoms with Gasteiger partial charge in [-0.1, -0.05) is 0 Å². The Bertz CT molecular complexity index is 709. The lowest BCUT2D eigenvalue weighted by atomic mass is 10.2. The molecule has 1 atom stereocenters. The Labute approximate surface area is 142 Å². The lowest BCUT2D eigenvalue weighted by Gasteiger charge is -2.36. The van der Waals surface area contributed by atoms with Crippen LogP contribution in [-0.2, 0) is 14.8 Å². The Morgan fingerprint density at radius 2 is 2.04 bits per heavy atom. The van der Waals surface area contributed by atoms with E-state index in [1.807, 2.05) is 0 Å². The highest BCUT2D eigenvalue weighted by atomic mass is 32.2. The van der Waals surface area contributed by atoms with Gasteiger partial charge in [-0.3, -0.25) is 9.89 Å². The summed E-state index contributed by atoms with van der Waals surface area (Å²) in [4.78, 5) is 6.12. The Morgan fingerprint density at radius 1 is 1.29 bits per heavy atom. The van der Waals surface area contributed by atoms with Crippen molar-refractivity contribution in [2.75, 3.05) is 46.4 Å². The molecule has 2 heterocycles. The molecule has 0 amide bonds. The van der Waals surface area contributed by atoms with Crippen molar-refractivity contribution >= 4 is 16.2 Å². The highest BCUT2D eigenvalue weighted by molar-refractivity contribution is 7.89. The molecule has 0 N–H and O–H groups in total. The number of aliphatic imine (C=N–C) groups is 1. The molecule has 0 bridgehead atoms. The summed E-state index contributed by atoms with van der Waals surface area (Å²) < 4.78 is 46.3. The van der Waals surface area contributed by atoms with Crippen LogP contribution in [0.1, 0.15) is 12.0 Å². The standard InChI is InChI=1S/C16H22FN3O3S/c1-18-11-13-2-3-14(17)10-16(13)24(21,22)20-7-5-19(6-8-20)15-4-9-23-12-15/h2-3,10-11,15H,4-9,12H2,1H3/t15-/m0/s1. The van der Waals surface area contributed by atoms with Gasteiger partial charge in [0.2, 0.25) is 10.0 Å². The van der Waals surface area contributed by atoms with Crippen LogP contribution in [0.15, 0.2) is 28.1 Å². The zero-order valence-corrected chi connectivity index (χ0v) is 14.5. The number of hydrogen-bond donors (Lipinski definition) is 0. The average Bonchev–Trinajstić information content (AvgIpc) is 3.11. The maximum Gasteiger partial charge on any atom is 0.243 e. The van der Waals surface area contributed by atoms with E-state index in [-0.39, 0.29) is 4.90 Å². The first kappa shape index (κ1) is 17.5. The minimum absolute atomic E-state index is 0.0225. The smallest absolute Gasteiger partial charge is 0.243 e. The number of benzene rings is 1. The summed E-state index contributed by atoms with van der Waals surface area (Å²) >= 11 is 0. The number of piperazine rings is 1. The molecule has 8 heteroatoms. The van der Waals surface area contributed by atoms with E-state index in [0.29, 0.717) is 44.4 Å². The molecular formula is C16H22FN3O3S. The number of halogens is 1. The van der Waals surface area contributed by atoms with Gasteiger partial charge >= 0.3 is 0 Å². The fraction of sp³-hybridized carbons (Fsp3) is 0.562. The van der Waals surface area contributed by atoms with Crippen molar-refractivity contribution < 1.29 is 17.5 Å². The van der Waals surface area contributed by atoms with E-state index < -0.39 is 15.8 Å².